The van der Waals surface area contributed by atoms with Gasteiger partial charge in [-0.25, -0.2) is 0 Å². The van der Waals surface area contributed by atoms with E-state index in [0.717, 1.165) is 5.56 Å². The predicted molar refractivity (Wildman–Crippen MR) is 75.6 cm³/mol. The quantitative estimate of drug-likeness (QED) is 0.841. The summed E-state index contributed by atoms with van der Waals surface area (Å²) in [5, 5.41) is 12.8. The van der Waals surface area contributed by atoms with Crippen LogP contribution >= 0.6 is 11.6 Å². The maximum Gasteiger partial charge on any atom is 0.224 e. The molecule has 0 radical (unpaired) electrons. The molecule has 106 valence electrons. The fourth-order valence-electron chi connectivity index (χ4n) is 1.49. The monoisotopic (exact) mass is 285 g/mol. The molecule has 5 heteroatoms. The van der Waals surface area contributed by atoms with Crippen LogP contribution in [0.5, 0.6) is 5.75 Å². The number of aliphatic hydroxyl groups is 1. The first-order valence-electron chi connectivity index (χ1n) is 6.21. The van der Waals surface area contributed by atoms with Gasteiger partial charge in [-0.05, 0) is 23.6 Å². The molecule has 0 aromatic heterocycles. The summed E-state index contributed by atoms with van der Waals surface area (Å²) in [4.78, 5) is 11.7. The van der Waals surface area contributed by atoms with Crippen molar-refractivity contribution < 1.29 is 14.6 Å². The van der Waals surface area contributed by atoms with Crippen molar-refractivity contribution in [2.24, 2.45) is 5.92 Å². The van der Waals surface area contributed by atoms with Crippen LogP contribution in [0.3, 0.4) is 0 Å². The molecule has 0 saturated heterocycles. The molecule has 0 saturated carbocycles. The molecule has 0 heterocycles. The second kappa shape index (κ2) is 7.36. The first kappa shape index (κ1) is 15.8. The molecule has 4 nitrogen and oxygen atoms in total. The van der Waals surface area contributed by atoms with Gasteiger partial charge in [-0.2, -0.15) is 0 Å². The average Bonchev–Trinajstić information content (AvgIpc) is 2.38. The maximum absolute atomic E-state index is 11.7. The summed E-state index contributed by atoms with van der Waals surface area (Å²) in [5.41, 5.74) is 0.735. The highest BCUT2D eigenvalue weighted by atomic mass is 35.5. The van der Waals surface area contributed by atoms with E-state index in [-0.39, 0.29) is 24.8 Å². The van der Waals surface area contributed by atoms with Gasteiger partial charge < -0.3 is 15.2 Å². The zero-order chi connectivity index (χ0) is 14.4. The van der Waals surface area contributed by atoms with Crippen molar-refractivity contribution in [3.05, 3.63) is 28.8 Å². The lowest BCUT2D eigenvalue weighted by atomic mass is 10.1. The normalized spacial score (nSPS) is 12.3. The highest BCUT2D eigenvalue weighted by molar-refractivity contribution is 6.31. The number of carbonyl (C=O) groups excluding carboxylic acids is 1. The first-order chi connectivity index (χ1) is 8.93. The molecule has 1 rings (SSSR count). The van der Waals surface area contributed by atoms with Gasteiger partial charge in [0.05, 0.1) is 19.6 Å². The van der Waals surface area contributed by atoms with Gasteiger partial charge in [-0.3, -0.25) is 4.79 Å². The highest BCUT2D eigenvalue weighted by Crippen LogP contribution is 2.22. The van der Waals surface area contributed by atoms with E-state index in [1.54, 1.807) is 25.3 Å². The van der Waals surface area contributed by atoms with E-state index in [2.05, 4.69) is 5.32 Å². The minimum atomic E-state index is -0.532. The van der Waals surface area contributed by atoms with Crippen molar-refractivity contribution >= 4 is 17.5 Å². The second-order valence-electron chi connectivity index (χ2n) is 4.75. The third-order valence-electron chi connectivity index (χ3n) is 2.89. The van der Waals surface area contributed by atoms with Crippen molar-refractivity contribution in [1.82, 2.24) is 5.32 Å². The van der Waals surface area contributed by atoms with Crippen LogP contribution in [0.1, 0.15) is 19.4 Å². The van der Waals surface area contributed by atoms with Crippen LogP contribution in [0.25, 0.3) is 0 Å². The lowest BCUT2D eigenvalue weighted by molar-refractivity contribution is -0.121. The summed E-state index contributed by atoms with van der Waals surface area (Å²) in [5.74, 6) is 0.612. The molecule has 1 amide bonds. The summed E-state index contributed by atoms with van der Waals surface area (Å²) < 4.78 is 5.04. The Kier molecular flexibility index (Phi) is 6.12. The molecule has 1 aromatic rings. The number of nitrogens with one attached hydrogen (secondary N) is 1. The van der Waals surface area contributed by atoms with Crippen LogP contribution in [0.2, 0.25) is 5.02 Å². The number of rotatable bonds is 6. The fraction of sp³-hybridized carbons (Fsp3) is 0.500. The van der Waals surface area contributed by atoms with Crippen molar-refractivity contribution in [3.8, 4) is 5.75 Å². The van der Waals surface area contributed by atoms with Crippen LogP contribution in [0, 0.1) is 5.92 Å². The SMILES string of the molecule is COc1ccc(CC(=O)NCC(O)C(C)C)c(Cl)c1. The van der Waals surface area contributed by atoms with E-state index in [1.165, 1.54) is 0 Å². The number of methoxy groups -OCH3 is 1. The van der Waals surface area contributed by atoms with Gasteiger partial charge in [0.1, 0.15) is 5.75 Å². The number of aliphatic hydroxyl groups excluding tert-OH is 1. The van der Waals surface area contributed by atoms with Gasteiger partial charge in [-0.15, -0.1) is 0 Å². The van der Waals surface area contributed by atoms with E-state index < -0.39 is 6.10 Å². The third-order valence-corrected chi connectivity index (χ3v) is 3.24. The number of amides is 1. The van der Waals surface area contributed by atoms with Gasteiger partial charge in [0.15, 0.2) is 0 Å². The molecule has 0 aliphatic rings. The van der Waals surface area contributed by atoms with Gasteiger partial charge in [0, 0.05) is 11.6 Å². The molecule has 0 fully saturated rings. The first-order valence-corrected chi connectivity index (χ1v) is 6.59. The molecule has 1 unspecified atom stereocenters. The topological polar surface area (TPSA) is 58.6 Å². The zero-order valence-corrected chi connectivity index (χ0v) is 12.2. The van der Waals surface area contributed by atoms with Crippen molar-refractivity contribution in [2.45, 2.75) is 26.4 Å². The number of hydrogen-bond acceptors (Lipinski definition) is 3. The van der Waals surface area contributed by atoms with Crippen molar-refractivity contribution in [2.75, 3.05) is 13.7 Å². The number of ether oxygens (including phenoxy) is 1. The van der Waals surface area contributed by atoms with Gasteiger partial charge in [-0.1, -0.05) is 31.5 Å². The smallest absolute Gasteiger partial charge is 0.224 e. The summed E-state index contributed by atoms with van der Waals surface area (Å²) in [6.45, 7) is 4.05. The highest BCUT2D eigenvalue weighted by Gasteiger charge is 2.12. The third kappa shape index (κ3) is 5.09. The van der Waals surface area contributed by atoms with E-state index in [0.29, 0.717) is 10.8 Å². The number of halogens is 1. The molecule has 19 heavy (non-hydrogen) atoms. The number of hydrogen-bond donors (Lipinski definition) is 2. The Balaban J connectivity index is 2.53. The molecular formula is C14H20ClNO3. The van der Waals surface area contributed by atoms with Crippen LogP contribution in [-0.2, 0) is 11.2 Å². The van der Waals surface area contributed by atoms with Gasteiger partial charge in [0.25, 0.3) is 0 Å². The molecular weight excluding hydrogens is 266 g/mol. The van der Waals surface area contributed by atoms with E-state index in [1.807, 2.05) is 13.8 Å². The van der Waals surface area contributed by atoms with Crippen LogP contribution in [-0.4, -0.2) is 30.8 Å². The van der Waals surface area contributed by atoms with Crippen molar-refractivity contribution in [3.63, 3.8) is 0 Å². The Bertz CT molecular complexity index is 435. The van der Waals surface area contributed by atoms with Crippen LogP contribution in [0.15, 0.2) is 18.2 Å². The van der Waals surface area contributed by atoms with Crippen LogP contribution < -0.4 is 10.1 Å². The molecule has 0 bridgehead atoms. The standard InChI is InChI=1S/C14H20ClNO3/c1-9(2)13(17)8-16-14(18)6-10-4-5-11(19-3)7-12(10)15/h4-5,7,9,13,17H,6,8H2,1-3H3,(H,16,18). The summed E-state index contributed by atoms with van der Waals surface area (Å²) in [6, 6.07) is 5.20. The van der Waals surface area contributed by atoms with Gasteiger partial charge in [0.2, 0.25) is 5.91 Å². The zero-order valence-electron chi connectivity index (χ0n) is 11.4. The second-order valence-corrected chi connectivity index (χ2v) is 5.16. The number of carbonyl (C=O) groups is 1. The lowest BCUT2D eigenvalue weighted by Gasteiger charge is -2.15. The molecule has 0 spiro atoms. The van der Waals surface area contributed by atoms with Gasteiger partial charge >= 0.3 is 0 Å². The predicted octanol–water partition coefficient (Wildman–Crippen LogP) is 2.02. The Morgan fingerprint density at radius 1 is 1.47 bits per heavy atom. The molecule has 2 N–H and O–H groups in total. The molecule has 0 aliphatic carbocycles. The molecule has 1 aromatic carbocycles. The Morgan fingerprint density at radius 2 is 2.16 bits per heavy atom. The Labute approximate surface area is 118 Å². The minimum Gasteiger partial charge on any atom is -0.497 e. The number of benzene rings is 1. The fourth-order valence-corrected chi connectivity index (χ4v) is 1.73. The minimum absolute atomic E-state index is 0.116. The summed E-state index contributed by atoms with van der Waals surface area (Å²) in [7, 11) is 1.56. The average molecular weight is 286 g/mol. The maximum atomic E-state index is 11.7. The largest absolute Gasteiger partial charge is 0.497 e. The van der Waals surface area contributed by atoms with Crippen LogP contribution in [0.4, 0.5) is 0 Å². The van der Waals surface area contributed by atoms with E-state index in [4.69, 9.17) is 16.3 Å². The van der Waals surface area contributed by atoms with E-state index >= 15 is 0 Å². The molecule has 1 atom stereocenters. The lowest BCUT2D eigenvalue weighted by Crippen LogP contribution is -2.35. The Hall–Kier alpha value is -1.26. The molecule has 0 aliphatic heterocycles. The van der Waals surface area contributed by atoms with Crippen molar-refractivity contribution in [1.29, 1.82) is 0 Å². The summed E-state index contributed by atoms with van der Waals surface area (Å²) >= 11 is 6.06. The van der Waals surface area contributed by atoms with E-state index in [9.17, 15) is 9.90 Å². The summed E-state index contributed by atoms with van der Waals surface area (Å²) in [6.07, 6.45) is -0.344. The Morgan fingerprint density at radius 3 is 2.68 bits per heavy atom.